The third-order valence-corrected chi connectivity index (χ3v) is 6.19. The van der Waals surface area contributed by atoms with E-state index < -0.39 is 65.6 Å². The summed E-state index contributed by atoms with van der Waals surface area (Å²) in [7, 11) is 0. The zero-order valence-corrected chi connectivity index (χ0v) is 18.0. The second kappa shape index (κ2) is 10.4. The van der Waals surface area contributed by atoms with Gasteiger partial charge >= 0.3 is 6.18 Å². The summed E-state index contributed by atoms with van der Waals surface area (Å²) in [4.78, 5) is 0.109. The van der Waals surface area contributed by atoms with Gasteiger partial charge in [0.1, 0.15) is 23.7 Å². The van der Waals surface area contributed by atoms with Crippen molar-refractivity contribution in [3.8, 4) is 0 Å². The lowest BCUT2D eigenvalue weighted by Gasteiger charge is -2.42. The molecule has 5 unspecified atom stereocenters. The van der Waals surface area contributed by atoms with Crippen molar-refractivity contribution in [1.82, 2.24) is 5.32 Å². The van der Waals surface area contributed by atoms with Gasteiger partial charge in [-0.05, 0) is 30.3 Å². The van der Waals surface area contributed by atoms with Crippen molar-refractivity contribution in [2.24, 2.45) is 5.73 Å². The van der Waals surface area contributed by atoms with E-state index in [0.29, 0.717) is 12.1 Å². The first-order valence-corrected chi connectivity index (χ1v) is 10.6. The van der Waals surface area contributed by atoms with Gasteiger partial charge in [0, 0.05) is 16.7 Å². The first-order valence-electron chi connectivity index (χ1n) is 9.75. The maximum absolute atomic E-state index is 13.5. The Balaban J connectivity index is 1.81. The maximum atomic E-state index is 13.5. The van der Waals surface area contributed by atoms with Crippen LogP contribution in [0.5, 0.6) is 0 Å². The Hall–Kier alpha value is -2.45. The highest BCUT2D eigenvalue weighted by Gasteiger charge is 2.44. The SMILES string of the molecule is N/C(=C\NC1C(O)C(CO)OC(Sc2cccc(C(F)(F)F)c2)C1O)c1cc(F)c(F)c(F)c1. The quantitative estimate of drug-likeness (QED) is 0.300. The minimum atomic E-state index is -4.59. The summed E-state index contributed by atoms with van der Waals surface area (Å²) in [6, 6.07) is 4.32. The molecular formula is C21H20F6N2O4S. The highest BCUT2D eigenvalue weighted by molar-refractivity contribution is 7.99. The maximum Gasteiger partial charge on any atom is 0.416 e. The fraction of sp³-hybridized carbons (Fsp3) is 0.333. The van der Waals surface area contributed by atoms with Crippen LogP contribution in [0.2, 0.25) is 0 Å². The number of ether oxygens (including phenoxy) is 1. The van der Waals surface area contributed by atoms with E-state index in [2.05, 4.69) is 5.32 Å². The van der Waals surface area contributed by atoms with Crippen LogP contribution in [0.15, 0.2) is 47.5 Å². The molecule has 34 heavy (non-hydrogen) atoms. The van der Waals surface area contributed by atoms with E-state index in [1.54, 1.807) is 0 Å². The van der Waals surface area contributed by atoms with Gasteiger partial charge in [-0.25, -0.2) is 13.2 Å². The summed E-state index contributed by atoms with van der Waals surface area (Å²) in [6.07, 6.45) is -7.82. The van der Waals surface area contributed by atoms with Crippen LogP contribution in [0.3, 0.4) is 0 Å². The average molecular weight is 510 g/mol. The van der Waals surface area contributed by atoms with Crippen molar-refractivity contribution < 1.29 is 46.4 Å². The molecule has 5 atom stereocenters. The molecule has 3 rings (SSSR count). The van der Waals surface area contributed by atoms with Gasteiger partial charge in [-0.2, -0.15) is 13.2 Å². The van der Waals surface area contributed by atoms with E-state index in [0.717, 1.165) is 30.1 Å². The zero-order valence-electron chi connectivity index (χ0n) is 17.1. The highest BCUT2D eigenvalue weighted by Crippen LogP contribution is 2.36. The lowest BCUT2D eigenvalue weighted by molar-refractivity contribution is -0.164. The number of alkyl halides is 3. The molecule has 1 heterocycles. The monoisotopic (exact) mass is 510 g/mol. The van der Waals surface area contributed by atoms with Crippen LogP contribution in [0.1, 0.15) is 11.1 Å². The molecule has 1 aliphatic rings. The summed E-state index contributed by atoms with van der Waals surface area (Å²) < 4.78 is 84.5. The molecule has 13 heteroatoms. The second-order valence-corrected chi connectivity index (χ2v) is 8.57. The van der Waals surface area contributed by atoms with Crippen LogP contribution in [0, 0.1) is 17.5 Å². The van der Waals surface area contributed by atoms with Crippen molar-refractivity contribution in [3.05, 3.63) is 71.2 Å². The van der Waals surface area contributed by atoms with Crippen molar-refractivity contribution in [2.75, 3.05) is 6.61 Å². The van der Waals surface area contributed by atoms with E-state index >= 15 is 0 Å². The molecule has 2 aromatic rings. The molecule has 1 aliphatic heterocycles. The molecule has 0 bridgehead atoms. The molecule has 186 valence electrons. The fourth-order valence-corrected chi connectivity index (χ4v) is 4.38. The summed E-state index contributed by atoms with van der Waals surface area (Å²) in [6.45, 7) is -0.681. The molecule has 1 saturated heterocycles. The fourth-order valence-electron chi connectivity index (χ4n) is 3.25. The molecule has 0 aromatic heterocycles. The van der Waals surface area contributed by atoms with Gasteiger partial charge in [0.25, 0.3) is 0 Å². The summed E-state index contributed by atoms with van der Waals surface area (Å²) in [5.41, 5.74) is 3.14. The average Bonchev–Trinajstić information content (AvgIpc) is 2.78. The Morgan fingerprint density at radius 2 is 1.74 bits per heavy atom. The molecule has 6 nitrogen and oxygen atoms in total. The molecule has 6 N–H and O–H groups in total. The Kier molecular flexibility index (Phi) is 8.03. The molecule has 0 aliphatic carbocycles. The van der Waals surface area contributed by atoms with Gasteiger partial charge in [-0.1, -0.05) is 17.8 Å². The lowest BCUT2D eigenvalue weighted by Crippen LogP contribution is -2.62. The predicted octanol–water partition coefficient (Wildman–Crippen LogP) is 2.57. The van der Waals surface area contributed by atoms with Crippen LogP contribution in [0.4, 0.5) is 26.3 Å². The third kappa shape index (κ3) is 5.78. The molecule has 0 spiro atoms. The van der Waals surface area contributed by atoms with E-state index in [-0.39, 0.29) is 16.2 Å². The number of rotatable bonds is 6. The minimum absolute atomic E-state index is 0.109. The van der Waals surface area contributed by atoms with Gasteiger partial charge < -0.3 is 31.1 Å². The lowest BCUT2D eigenvalue weighted by atomic mass is 9.97. The van der Waals surface area contributed by atoms with Gasteiger partial charge in [-0.15, -0.1) is 0 Å². The number of hydrogen-bond donors (Lipinski definition) is 5. The van der Waals surface area contributed by atoms with Crippen LogP contribution >= 0.6 is 11.8 Å². The van der Waals surface area contributed by atoms with Crippen molar-refractivity contribution in [1.29, 1.82) is 0 Å². The Morgan fingerprint density at radius 3 is 2.32 bits per heavy atom. The number of nitrogens with two attached hydrogens (primary N) is 1. The topological polar surface area (TPSA) is 108 Å². The number of nitrogens with one attached hydrogen (secondary N) is 1. The molecule has 2 aromatic carbocycles. The molecular weight excluding hydrogens is 490 g/mol. The van der Waals surface area contributed by atoms with Gasteiger partial charge in [0.05, 0.1) is 23.9 Å². The summed E-state index contributed by atoms with van der Waals surface area (Å²) >= 11 is 0.737. The number of aliphatic hydroxyl groups is 3. The van der Waals surface area contributed by atoms with Gasteiger partial charge in [0.15, 0.2) is 17.5 Å². The second-order valence-electron chi connectivity index (χ2n) is 7.40. The van der Waals surface area contributed by atoms with Crippen LogP contribution in [-0.2, 0) is 10.9 Å². The minimum Gasteiger partial charge on any atom is -0.397 e. The van der Waals surface area contributed by atoms with Crippen molar-refractivity contribution in [2.45, 2.75) is 40.9 Å². The van der Waals surface area contributed by atoms with E-state index in [1.165, 1.54) is 12.1 Å². The van der Waals surface area contributed by atoms with E-state index in [4.69, 9.17) is 10.5 Å². The zero-order chi connectivity index (χ0) is 25.2. The van der Waals surface area contributed by atoms with Crippen LogP contribution in [-0.4, -0.2) is 51.7 Å². The van der Waals surface area contributed by atoms with Crippen molar-refractivity contribution >= 4 is 17.5 Å². The first-order chi connectivity index (χ1) is 15.9. The Morgan fingerprint density at radius 1 is 1.09 bits per heavy atom. The summed E-state index contributed by atoms with van der Waals surface area (Å²) in [5, 5.41) is 33.2. The van der Waals surface area contributed by atoms with Crippen molar-refractivity contribution in [3.63, 3.8) is 0 Å². The number of hydrogen-bond acceptors (Lipinski definition) is 7. The van der Waals surface area contributed by atoms with E-state index in [1.807, 2.05) is 0 Å². The third-order valence-electron chi connectivity index (χ3n) is 5.05. The van der Waals surface area contributed by atoms with E-state index in [9.17, 15) is 41.7 Å². The van der Waals surface area contributed by atoms with Gasteiger partial charge in [-0.3, -0.25) is 0 Å². The first kappa shape index (κ1) is 26.2. The van der Waals surface area contributed by atoms with Crippen LogP contribution < -0.4 is 11.1 Å². The molecule has 0 radical (unpaired) electrons. The smallest absolute Gasteiger partial charge is 0.397 e. The number of halogens is 6. The standard InChI is InChI=1S/C21H20F6N2O4S/c22-12-4-9(5-13(23)16(12)24)14(28)7-29-17-18(31)15(8-30)33-20(19(17)32)34-11-3-1-2-10(6-11)21(25,26)27/h1-7,15,17-20,29-32H,8,28H2/b14-7-. The van der Waals surface area contributed by atoms with Crippen LogP contribution in [0.25, 0.3) is 5.70 Å². The van der Waals surface area contributed by atoms with Gasteiger partial charge in [0.2, 0.25) is 0 Å². The number of aliphatic hydroxyl groups excluding tert-OH is 3. The predicted molar refractivity (Wildman–Crippen MR) is 110 cm³/mol. The largest absolute Gasteiger partial charge is 0.416 e. The number of benzene rings is 2. The highest BCUT2D eigenvalue weighted by atomic mass is 32.2. The summed E-state index contributed by atoms with van der Waals surface area (Å²) in [5.74, 6) is -4.63. The normalized spacial score (nSPS) is 25.9. The Labute approximate surface area is 194 Å². The Bertz CT molecular complexity index is 1030. The number of thioether (sulfide) groups is 1. The molecule has 1 fully saturated rings. The molecule has 0 amide bonds. The molecule has 0 saturated carbocycles.